The van der Waals surface area contributed by atoms with Crippen LogP contribution in [0.15, 0.2) is 0 Å². The molecule has 0 aromatic heterocycles. The van der Waals surface area contributed by atoms with Crippen LogP contribution in [-0.4, -0.2) is 62.2 Å². The normalized spacial score (nSPS) is 12.7. The van der Waals surface area contributed by atoms with Crippen molar-refractivity contribution in [2.24, 2.45) is 0 Å². The van der Waals surface area contributed by atoms with Gasteiger partial charge in [-0.15, -0.1) is 0 Å². The first-order chi connectivity index (χ1) is 7.91. The molecular formula is C14H33N3. The van der Waals surface area contributed by atoms with E-state index in [4.69, 9.17) is 0 Å². The molecule has 0 saturated heterocycles. The van der Waals surface area contributed by atoms with Crippen molar-refractivity contribution in [3.8, 4) is 0 Å². The number of likely N-dealkylation sites (N-methyl/N-ethyl adjacent to an activating group) is 1. The predicted octanol–water partition coefficient (Wildman–Crippen LogP) is 2.04. The Bertz CT molecular complexity index is 178. The molecule has 0 aliphatic rings. The highest BCUT2D eigenvalue weighted by Gasteiger charge is 2.13. The first kappa shape index (κ1) is 16.9. The molecule has 1 N–H and O–H groups in total. The van der Waals surface area contributed by atoms with Crippen LogP contribution in [0.1, 0.15) is 40.5 Å². The van der Waals surface area contributed by atoms with Gasteiger partial charge in [0.05, 0.1) is 0 Å². The summed E-state index contributed by atoms with van der Waals surface area (Å²) in [7, 11) is 4.28. The molecule has 3 nitrogen and oxygen atoms in total. The van der Waals surface area contributed by atoms with Gasteiger partial charge in [-0.1, -0.05) is 13.8 Å². The van der Waals surface area contributed by atoms with Crippen molar-refractivity contribution in [3.05, 3.63) is 0 Å². The fourth-order valence-electron chi connectivity index (χ4n) is 1.72. The van der Waals surface area contributed by atoms with Gasteiger partial charge in [0.25, 0.3) is 0 Å². The minimum absolute atomic E-state index is 0.281. The Morgan fingerprint density at radius 3 is 2.12 bits per heavy atom. The highest BCUT2D eigenvalue weighted by Crippen LogP contribution is 2.05. The van der Waals surface area contributed by atoms with Crippen LogP contribution in [0.4, 0.5) is 0 Å². The third-order valence-electron chi connectivity index (χ3n) is 3.44. The summed E-state index contributed by atoms with van der Waals surface area (Å²) in [5.74, 6) is 0. The summed E-state index contributed by atoms with van der Waals surface area (Å²) in [4.78, 5) is 4.79. The van der Waals surface area contributed by atoms with Crippen molar-refractivity contribution in [2.45, 2.75) is 46.1 Å². The molecule has 17 heavy (non-hydrogen) atoms. The zero-order chi connectivity index (χ0) is 13.3. The molecule has 0 spiro atoms. The van der Waals surface area contributed by atoms with Crippen LogP contribution in [0.25, 0.3) is 0 Å². The van der Waals surface area contributed by atoms with Crippen LogP contribution >= 0.6 is 0 Å². The first-order valence-corrected chi connectivity index (χ1v) is 7.03. The van der Waals surface area contributed by atoms with Crippen LogP contribution in [0.2, 0.25) is 0 Å². The van der Waals surface area contributed by atoms with E-state index in [1.807, 2.05) is 0 Å². The molecule has 0 fully saturated rings. The minimum Gasteiger partial charge on any atom is -0.311 e. The summed E-state index contributed by atoms with van der Waals surface area (Å²) in [5, 5.41) is 3.62. The number of hydrogen-bond acceptors (Lipinski definition) is 3. The molecule has 0 atom stereocenters. The van der Waals surface area contributed by atoms with E-state index in [9.17, 15) is 0 Å². The quantitative estimate of drug-likeness (QED) is 0.633. The van der Waals surface area contributed by atoms with Gasteiger partial charge in [0.1, 0.15) is 0 Å². The van der Waals surface area contributed by atoms with Crippen molar-refractivity contribution in [1.82, 2.24) is 15.1 Å². The third kappa shape index (κ3) is 9.57. The average molecular weight is 243 g/mol. The van der Waals surface area contributed by atoms with Crippen molar-refractivity contribution in [2.75, 3.05) is 46.8 Å². The van der Waals surface area contributed by atoms with Crippen LogP contribution < -0.4 is 5.32 Å². The van der Waals surface area contributed by atoms with E-state index in [0.717, 1.165) is 19.6 Å². The summed E-state index contributed by atoms with van der Waals surface area (Å²) in [5.41, 5.74) is 0.281. The second kappa shape index (κ2) is 8.90. The van der Waals surface area contributed by atoms with Gasteiger partial charge in [-0.05, 0) is 60.4 Å². The van der Waals surface area contributed by atoms with Crippen LogP contribution in [0.5, 0.6) is 0 Å². The summed E-state index contributed by atoms with van der Waals surface area (Å²) in [6, 6.07) is 0. The molecule has 0 saturated carbocycles. The SMILES string of the molecule is CCN(CCCN(C)C)CCNC(C)(C)CC. The lowest BCUT2D eigenvalue weighted by atomic mass is 10.0. The standard InChI is InChI=1S/C14H33N3/c1-7-14(3,4)15-10-13-17(8-2)12-9-11-16(5)6/h15H,7-13H2,1-6H3. The highest BCUT2D eigenvalue weighted by atomic mass is 15.1. The molecule has 0 heterocycles. The second-order valence-corrected chi connectivity index (χ2v) is 5.76. The zero-order valence-electron chi connectivity index (χ0n) is 12.8. The molecule has 0 aliphatic carbocycles. The van der Waals surface area contributed by atoms with Crippen molar-refractivity contribution in [1.29, 1.82) is 0 Å². The topological polar surface area (TPSA) is 18.5 Å². The van der Waals surface area contributed by atoms with Crippen molar-refractivity contribution < 1.29 is 0 Å². The molecule has 0 bridgehead atoms. The van der Waals surface area contributed by atoms with E-state index in [1.165, 1.54) is 25.9 Å². The van der Waals surface area contributed by atoms with Gasteiger partial charge in [-0.25, -0.2) is 0 Å². The van der Waals surface area contributed by atoms with E-state index >= 15 is 0 Å². The minimum atomic E-state index is 0.281. The van der Waals surface area contributed by atoms with E-state index < -0.39 is 0 Å². The predicted molar refractivity (Wildman–Crippen MR) is 77.7 cm³/mol. The summed E-state index contributed by atoms with van der Waals surface area (Å²) < 4.78 is 0. The molecule has 104 valence electrons. The van der Waals surface area contributed by atoms with Crippen molar-refractivity contribution in [3.63, 3.8) is 0 Å². The van der Waals surface area contributed by atoms with Gasteiger partial charge in [0.15, 0.2) is 0 Å². The number of nitrogens with zero attached hydrogens (tertiary/aromatic N) is 2. The lowest BCUT2D eigenvalue weighted by Crippen LogP contribution is -2.43. The van der Waals surface area contributed by atoms with Crippen LogP contribution in [0.3, 0.4) is 0 Å². The van der Waals surface area contributed by atoms with Crippen LogP contribution in [-0.2, 0) is 0 Å². The van der Waals surface area contributed by atoms with E-state index in [2.05, 4.69) is 56.9 Å². The fraction of sp³-hybridized carbons (Fsp3) is 1.00. The number of rotatable bonds is 10. The Labute approximate surface area is 109 Å². The monoisotopic (exact) mass is 243 g/mol. The maximum atomic E-state index is 3.62. The Kier molecular flexibility index (Phi) is 8.83. The lowest BCUT2D eigenvalue weighted by Gasteiger charge is -2.27. The molecular weight excluding hydrogens is 210 g/mol. The van der Waals surface area contributed by atoms with Gasteiger partial charge in [0.2, 0.25) is 0 Å². The molecule has 0 rings (SSSR count). The second-order valence-electron chi connectivity index (χ2n) is 5.76. The molecule has 0 aromatic rings. The Balaban J connectivity index is 3.68. The van der Waals surface area contributed by atoms with Crippen molar-refractivity contribution >= 4 is 0 Å². The number of nitrogens with one attached hydrogen (secondary N) is 1. The van der Waals surface area contributed by atoms with Gasteiger partial charge >= 0.3 is 0 Å². The maximum Gasteiger partial charge on any atom is 0.0123 e. The number of hydrogen-bond donors (Lipinski definition) is 1. The van der Waals surface area contributed by atoms with E-state index in [1.54, 1.807) is 0 Å². The van der Waals surface area contributed by atoms with E-state index in [0.29, 0.717) is 0 Å². The largest absolute Gasteiger partial charge is 0.311 e. The van der Waals surface area contributed by atoms with Gasteiger partial charge < -0.3 is 15.1 Å². The molecule has 3 heteroatoms. The zero-order valence-corrected chi connectivity index (χ0v) is 12.8. The summed E-state index contributed by atoms with van der Waals surface area (Å²) in [6.45, 7) is 14.8. The molecule has 0 radical (unpaired) electrons. The lowest BCUT2D eigenvalue weighted by molar-refractivity contribution is 0.252. The summed E-state index contributed by atoms with van der Waals surface area (Å²) >= 11 is 0. The summed E-state index contributed by atoms with van der Waals surface area (Å²) in [6.07, 6.45) is 2.44. The Hall–Kier alpha value is -0.120. The highest BCUT2D eigenvalue weighted by molar-refractivity contribution is 4.75. The van der Waals surface area contributed by atoms with E-state index in [-0.39, 0.29) is 5.54 Å². The molecule has 0 aliphatic heterocycles. The van der Waals surface area contributed by atoms with Gasteiger partial charge in [0, 0.05) is 18.6 Å². The van der Waals surface area contributed by atoms with Crippen LogP contribution in [0, 0.1) is 0 Å². The maximum absolute atomic E-state index is 3.62. The Morgan fingerprint density at radius 2 is 1.65 bits per heavy atom. The average Bonchev–Trinajstić information content (AvgIpc) is 2.26. The van der Waals surface area contributed by atoms with Gasteiger partial charge in [-0.3, -0.25) is 0 Å². The molecule has 0 amide bonds. The fourth-order valence-corrected chi connectivity index (χ4v) is 1.72. The van der Waals surface area contributed by atoms with Gasteiger partial charge in [-0.2, -0.15) is 0 Å². The Morgan fingerprint density at radius 1 is 1.00 bits per heavy atom. The smallest absolute Gasteiger partial charge is 0.0123 e. The first-order valence-electron chi connectivity index (χ1n) is 7.03. The third-order valence-corrected chi connectivity index (χ3v) is 3.44. The molecule has 0 aromatic carbocycles. The molecule has 0 unspecified atom stereocenters.